The Kier molecular flexibility index (Phi) is 5.51. The van der Waals surface area contributed by atoms with Gasteiger partial charge in [-0.05, 0) is 36.3 Å². The summed E-state index contributed by atoms with van der Waals surface area (Å²) < 4.78 is 17.5. The van der Waals surface area contributed by atoms with Crippen molar-refractivity contribution in [2.75, 3.05) is 13.8 Å². The lowest BCUT2D eigenvalue weighted by atomic mass is 9.98. The summed E-state index contributed by atoms with van der Waals surface area (Å²) in [5.74, 6) is 1.87. The number of fused-ring (bicyclic) bond motifs is 3. The molecule has 5 rings (SSSR count). The fourth-order valence-electron chi connectivity index (χ4n) is 4.33. The van der Waals surface area contributed by atoms with Crippen molar-refractivity contribution in [3.8, 4) is 17.2 Å². The summed E-state index contributed by atoms with van der Waals surface area (Å²) in [6.45, 7) is 3.39. The number of nitrogens with zero attached hydrogens (tertiary/aromatic N) is 2. The normalized spacial score (nSPS) is 15.9. The van der Waals surface area contributed by atoms with E-state index in [1.54, 1.807) is 19.2 Å². The first-order valence-corrected chi connectivity index (χ1v) is 10.8. The number of ether oxygens (including phenoxy) is 3. The number of carbonyl (C=O) groups excluding carboxylic acids is 1. The van der Waals surface area contributed by atoms with E-state index in [0.29, 0.717) is 42.4 Å². The molecule has 0 bridgehead atoms. The van der Waals surface area contributed by atoms with Crippen LogP contribution in [0.5, 0.6) is 17.2 Å². The van der Waals surface area contributed by atoms with Crippen LogP contribution in [0.1, 0.15) is 32.6 Å². The van der Waals surface area contributed by atoms with Crippen LogP contribution in [-0.4, -0.2) is 29.4 Å². The highest BCUT2D eigenvalue weighted by atomic mass is 16.6. The lowest BCUT2D eigenvalue weighted by Gasteiger charge is -2.30. The van der Waals surface area contributed by atoms with Crippen LogP contribution in [0.3, 0.4) is 0 Å². The number of hydrogen-bond acceptors (Lipinski definition) is 7. The quantitative estimate of drug-likeness (QED) is 0.306. The van der Waals surface area contributed by atoms with E-state index >= 15 is 0 Å². The van der Waals surface area contributed by atoms with Gasteiger partial charge in [0.25, 0.3) is 5.69 Å². The molecule has 3 aromatic carbocycles. The molecular formula is C26H22N2O6. The van der Waals surface area contributed by atoms with E-state index in [4.69, 9.17) is 14.2 Å². The van der Waals surface area contributed by atoms with E-state index in [2.05, 4.69) is 4.90 Å². The van der Waals surface area contributed by atoms with Crippen LogP contribution in [0.2, 0.25) is 0 Å². The van der Waals surface area contributed by atoms with E-state index < -0.39 is 4.92 Å². The number of para-hydroxylation sites is 1. The summed E-state index contributed by atoms with van der Waals surface area (Å²) in [4.78, 5) is 25.9. The van der Waals surface area contributed by atoms with Crippen molar-refractivity contribution in [3.63, 3.8) is 0 Å². The lowest BCUT2D eigenvalue weighted by Crippen LogP contribution is -2.32. The maximum atomic E-state index is 13.2. The molecule has 0 atom stereocenters. The Bertz CT molecular complexity index is 1350. The predicted molar refractivity (Wildman–Crippen MR) is 125 cm³/mol. The third-order valence-corrected chi connectivity index (χ3v) is 5.95. The molecule has 8 heteroatoms. The predicted octanol–water partition coefficient (Wildman–Crippen LogP) is 4.88. The third kappa shape index (κ3) is 3.88. The van der Waals surface area contributed by atoms with Crippen LogP contribution in [0.25, 0.3) is 6.08 Å². The Balaban J connectivity index is 1.46. The first-order chi connectivity index (χ1) is 16.4. The van der Waals surface area contributed by atoms with Gasteiger partial charge in [0.05, 0.1) is 23.2 Å². The zero-order valence-electron chi connectivity index (χ0n) is 18.7. The molecule has 2 aliphatic heterocycles. The number of aryl methyl sites for hydroxylation is 1. The van der Waals surface area contributed by atoms with Gasteiger partial charge in [0, 0.05) is 30.8 Å². The Morgan fingerprint density at radius 2 is 2.00 bits per heavy atom. The Labute approximate surface area is 196 Å². The van der Waals surface area contributed by atoms with Crippen LogP contribution in [0.15, 0.2) is 60.4 Å². The highest BCUT2D eigenvalue weighted by molar-refractivity contribution is 6.15. The fraction of sp³-hybridized carbons (Fsp3) is 0.192. The van der Waals surface area contributed by atoms with E-state index in [-0.39, 0.29) is 17.2 Å². The molecule has 3 aromatic rings. The molecular weight excluding hydrogens is 436 g/mol. The van der Waals surface area contributed by atoms with Gasteiger partial charge in [0.1, 0.15) is 24.0 Å². The first kappa shape index (κ1) is 21.7. The zero-order chi connectivity index (χ0) is 23.8. The topological polar surface area (TPSA) is 91.1 Å². The first-order valence-electron chi connectivity index (χ1n) is 10.8. The second-order valence-corrected chi connectivity index (χ2v) is 8.24. The summed E-state index contributed by atoms with van der Waals surface area (Å²) in [6.07, 6.45) is 1.54. The Morgan fingerprint density at radius 3 is 2.79 bits per heavy atom. The number of nitro benzene ring substituents is 1. The molecule has 2 aliphatic rings. The van der Waals surface area contributed by atoms with E-state index in [1.807, 2.05) is 37.3 Å². The number of hydrogen-bond donors (Lipinski definition) is 0. The van der Waals surface area contributed by atoms with E-state index in [1.165, 1.54) is 18.2 Å². The highest BCUT2D eigenvalue weighted by Crippen LogP contribution is 2.44. The van der Waals surface area contributed by atoms with Crippen LogP contribution in [-0.2, 0) is 13.1 Å². The average molecular weight is 458 g/mol. The highest BCUT2D eigenvalue weighted by Gasteiger charge is 2.35. The van der Waals surface area contributed by atoms with Crippen molar-refractivity contribution in [1.29, 1.82) is 0 Å². The van der Waals surface area contributed by atoms with Crippen molar-refractivity contribution in [2.45, 2.75) is 20.0 Å². The molecule has 0 N–H and O–H groups in total. The largest absolute Gasteiger partial charge is 0.496 e. The standard InChI is InChI=1S/C26H22N2O6/c1-16-10-22-20(14-27(15-33-22)13-18-7-3-4-9-21(18)32-2)26-24(16)25(29)23(34-26)12-17-6-5-8-19(11-17)28(30)31/h3-12H,13-15H2,1-2H3/b23-12-. The molecule has 0 spiro atoms. The molecule has 0 fully saturated rings. The van der Waals surface area contributed by atoms with Gasteiger partial charge in [-0.15, -0.1) is 0 Å². The van der Waals surface area contributed by atoms with Gasteiger partial charge in [0.2, 0.25) is 5.78 Å². The Hall–Kier alpha value is -4.17. The minimum absolute atomic E-state index is 0.0498. The lowest BCUT2D eigenvalue weighted by molar-refractivity contribution is -0.384. The van der Waals surface area contributed by atoms with Gasteiger partial charge in [0.15, 0.2) is 5.76 Å². The van der Waals surface area contributed by atoms with Crippen molar-refractivity contribution in [2.24, 2.45) is 0 Å². The molecule has 0 aliphatic carbocycles. The number of Topliss-reactive ketones (excluding diaryl/α,β-unsaturated/α-hetero) is 1. The van der Waals surface area contributed by atoms with Crippen LogP contribution in [0.4, 0.5) is 5.69 Å². The molecule has 172 valence electrons. The smallest absolute Gasteiger partial charge is 0.270 e. The monoisotopic (exact) mass is 458 g/mol. The summed E-state index contributed by atoms with van der Waals surface area (Å²) in [5, 5.41) is 11.1. The number of ketones is 1. The van der Waals surface area contributed by atoms with Crippen LogP contribution >= 0.6 is 0 Å². The molecule has 0 aromatic heterocycles. The number of rotatable bonds is 5. The molecule has 0 saturated carbocycles. The number of benzene rings is 3. The SMILES string of the molecule is COc1ccccc1CN1COc2cc(C)c3c(c2C1)O/C(=C\c1cccc([N+](=O)[O-])c1)C3=O. The summed E-state index contributed by atoms with van der Waals surface area (Å²) >= 11 is 0. The number of methoxy groups -OCH3 is 1. The molecule has 0 saturated heterocycles. The van der Waals surface area contributed by atoms with Crippen molar-refractivity contribution < 1.29 is 23.9 Å². The second kappa shape index (κ2) is 8.64. The molecule has 0 radical (unpaired) electrons. The van der Waals surface area contributed by atoms with Gasteiger partial charge in [-0.25, -0.2) is 0 Å². The average Bonchev–Trinajstić information content (AvgIpc) is 3.16. The Morgan fingerprint density at radius 1 is 1.18 bits per heavy atom. The summed E-state index contributed by atoms with van der Waals surface area (Å²) in [5.41, 5.74) is 3.57. The molecule has 34 heavy (non-hydrogen) atoms. The summed E-state index contributed by atoms with van der Waals surface area (Å²) in [6, 6.07) is 15.8. The maximum Gasteiger partial charge on any atom is 0.270 e. The van der Waals surface area contributed by atoms with Crippen molar-refractivity contribution >= 4 is 17.5 Å². The van der Waals surface area contributed by atoms with Gasteiger partial charge in [-0.1, -0.05) is 30.3 Å². The third-order valence-electron chi connectivity index (χ3n) is 5.95. The van der Waals surface area contributed by atoms with Gasteiger partial charge >= 0.3 is 0 Å². The van der Waals surface area contributed by atoms with Crippen molar-refractivity contribution in [1.82, 2.24) is 4.90 Å². The molecule has 0 unspecified atom stereocenters. The number of carbonyl (C=O) groups is 1. The number of non-ortho nitro benzene ring substituents is 1. The second-order valence-electron chi connectivity index (χ2n) is 8.24. The van der Waals surface area contributed by atoms with Crippen molar-refractivity contribution in [3.05, 3.63) is 98.3 Å². The minimum Gasteiger partial charge on any atom is -0.496 e. The van der Waals surface area contributed by atoms with Crippen LogP contribution in [0, 0.1) is 17.0 Å². The molecule has 8 nitrogen and oxygen atoms in total. The minimum atomic E-state index is -0.470. The fourth-order valence-corrected chi connectivity index (χ4v) is 4.33. The van der Waals surface area contributed by atoms with Gasteiger partial charge < -0.3 is 14.2 Å². The van der Waals surface area contributed by atoms with E-state index in [9.17, 15) is 14.9 Å². The summed E-state index contributed by atoms with van der Waals surface area (Å²) in [7, 11) is 1.64. The molecule has 2 heterocycles. The van der Waals surface area contributed by atoms with E-state index in [0.717, 1.165) is 22.4 Å². The maximum absolute atomic E-state index is 13.2. The van der Waals surface area contributed by atoms with Crippen LogP contribution < -0.4 is 14.2 Å². The van der Waals surface area contributed by atoms with Gasteiger partial charge in [-0.3, -0.25) is 19.8 Å². The number of nitro groups is 1. The number of allylic oxidation sites excluding steroid dienone is 1. The zero-order valence-corrected chi connectivity index (χ0v) is 18.7. The van der Waals surface area contributed by atoms with Gasteiger partial charge in [-0.2, -0.15) is 0 Å². The molecule has 0 amide bonds.